The summed E-state index contributed by atoms with van der Waals surface area (Å²) in [5.41, 5.74) is 0.816. The molecule has 1 amide bonds. The molecule has 0 fully saturated rings. The SMILES string of the molecule is CN[C@@H](C)Cc1cc(O)c(O)c(SC[C@@H](NC(C)=O)C(=O)O)c1. The molecular formula is C15H22N2O5S. The van der Waals surface area contributed by atoms with Gasteiger partial charge in [0.05, 0.1) is 4.90 Å². The summed E-state index contributed by atoms with van der Waals surface area (Å²) in [7, 11) is 1.82. The number of likely N-dealkylation sites (N-methyl/N-ethyl adjacent to an activating group) is 1. The maximum absolute atomic E-state index is 11.1. The van der Waals surface area contributed by atoms with Gasteiger partial charge in [0.25, 0.3) is 0 Å². The molecule has 0 saturated carbocycles. The van der Waals surface area contributed by atoms with Crippen molar-refractivity contribution in [1.29, 1.82) is 0 Å². The Hall–Kier alpha value is -1.93. The monoisotopic (exact) mass is 342 g/mol. The highest BCUT2D eigenvalue weighted by atomic mass is 32.2. The average Bonchev–Trinajstić information content (AvgIpc) is 2.47. The van der Waals surface area contributed by atoms with Crippen LogP contribution in [0.4, 0.5) is 0 Å². The Morgan fingerprint density at radius 1 is 1.30 bits per heavy atom. The third kappa shape index (κ3) is 5.99. The summed E-state index contributed by atoms with van der Waals surface area (Å²) in [4.78, 5) is 22.5. The van der Waals surface area contributed by atoms with Crippen molar-refractivity contribution in [1.82, 2.24) is 10.6 Å². The number of carbonyl (C=O) groups excluding carboxylic acids is 1. The predicted molar refractivity (Wildman–Crippen MR) is 88.0 cm³/mol. The van der Waals surface area contributed by atoms with Gasteiger partial charge in [0.15, 0.2) is 11.5 Å². The van der Waals surface area contributed by atoms with Crippen molar-refractivity contribution in [3.63, 3.8) is 0 Å². The van der Waals surface area contributed by atoms with E-state index < -0.39 is 17.9 Å². The van der Waals surface area contributed by atoms with E-state index in [1.165, 1.54) is 13.0 Å². The number of carbonyl (C=O) groups is 2. The molecule has 5 N–H and O–H groups in total. The molecule has 2 atom stereocenters. The van der Waals surface area contributed by atoms with Gasteiger partial charge in [0, 0.05) is 18.7 Å². The van der Waals surface area contributed by atoms with E-state index in [1.54, 1.807) is 6.07 Å². The zero-order chi connectivity index (χ0) is 17.6. The highest BCUT2D eigenvalue weighted by molar-refractivity contribution is 7.99. The van der Waals surface area contributed by atoms with Gasteiger partial charge in [0.1, 0.15) is 6.04 Å². The van der Waals surface area contributed by atoms with E-state index >= 15 is 0 Å². The Morgan fingerprint density at radius 3 is 2.48 bits per heavy atom. The minimum atomic E-state index is -1.16. The number of benzene rings is 1. The Balaban J connectivity index is 2.89. The summed E-state index contributed by atoms with van der Waals surface area (Å²) >= 11 is 1.06. The first-order chi connectivity index (χ1) is 10.7. The molecule has 0 aliphatic rings. The van der Waals surface area contributed by atoms with E-state index in [1.807, 2.05) is 14.0 Å². The molecule has 0 aromatic heterocycles. The number of hydrogen-bond donors (Lipinski definition) is 5. The van der Waals surface area contributed by atoms with E-state index in [0.29, 0.717) is 11.3 Å². The van der Waals surface area contributed by atoms with Crippen molar-refractivity contribution < 1.29 is 24.9 Å². The summed E-state index contributed by atoms with van der Waals surface area (Å²) in [6, 6.07) is 2.30. The molecule has 8 heteroatoms. The van der Waals surface area contributed by atoms with Gasteiger partial charge in [-0.3, -0.25) is 4.79 Å². The van der Waals surface area contributed by atoms with Crippen LogP contribution >= 0.6 is 11.8 Å². The maximum Gasteiger partial charge on any atom is 0.327 e. The fourth-order valence-electron chi connectivity index (χ4n) is 1.93. The van der Waals surface area contributed by atoms with E-state index in [9.17, 15) is 19.8 Å². The van der Waals surface area contributed by atoms with Crippen molar-refractivity contribution >= 4 is 23.6 Å². The standard InChI is InChI=1S/C15H22N2O5S/c1-8(16-3)4-10-5-12(19)14(20)13(6-10)23-7-11(15(21)22)17-9(2)18/h5-6,8,11,16,19-20H,4,7H2,1-3H3,(H,17,18)(H,21,22)/t8-,11+/m0/s1. The van der Waals surface area contributed by atoms with Crippen LogP contribution in [0.15, 0.2) is 17.0 Å². The number of aromatic hydroxyl groups is 2. The number of amides is 1. The summed E-state index contributed by atoms with van der Waals surface area (Å²) in [6.07, 6.45) is 0.645. The first-order valence-corrected chi connectivity index (χ1v) is 8.08. The second-order valence-electron chi connectivity index (χ2n) is 5.26. The highest BCUT2D eigenvalue weighted by Crippen LogP contribution is 2.37. The Bertz CT molecular complexity index is 579. The molecule has 128 valence electrons. The number of rotatable bonds is 8. The van der Waals surface area contributed by atoms with Crippen molar-refractivity contribution in [2.75, 3.05) is 12.8 Å². The molecule has 23 heavy (non-hydrogen) atoms. The minimum absolute atomic E-state index is 0.0347. The average molecular weight is 342 g/mol. The molecule has 0 radical (unpaired) electrons. The van der Waals surface area contributed by atoms with E-state index in [-0.39, 0.29) is 23.3 Å². The number of phenolic OH excluding ortho intramolecular Hbond substituents is 2. The number of thioether (sulfide) groups is 1. The molecule has 1 rings (SSSR count). The fourth-order valence-corrected chi connectivity index (χ4v) is 2.97. The lowest BCUT2D eigenvalue weighted by Crippen LogP contribution is -2.41. The van der Waals surface area contributed by atoms with Gasteiger partial charge >= 0.3 is 5.97 Å². The third-order valence-corrected chi connectivity index (χ3v) is 4.35. The molecule has 0 spiro atoms. The van der Waals surface area contributed by atoms with Crippen LogP contribution in [0, 0.1) is 0 Å². The predicted octanol–water partition coefficient (Wildman–Crippen LogP) is 0.930. The second-order valence-corrected chi connectivity index (χ2v) is 6.32. The summed E-state index contributed by atoms with van der Waals surface area (Å²) in [5, 5.41) is 34.2. The molecule has 0 aliphatic heterocycles. The molecule has 0 heterocycles. The normalized spacial score (nSPS) is 13.3. The number of hydrogen-bond acceptors (Lipinski definition) is 6. The first-order valence-electron chi connectivity index (χ1n) is 7.09. The van der Waals surface area contributed by atoms with E-state index in [4.69, 9.17) is 5.11 Å². The zero-order valence-corrected chi connectivity index (χ0v) is 14.1. The number of carboxylic acids is 1. The maximum atomic E-state index is 11.1. The molecule has 0 unspecified atom stereocenters. The van der Waals surface area contributed by atoms with Gasteiger partial charge in [-0.15, -0.1) is 11.8 Å². The van der Waals surface area contributed by atoms with Gasteiger partial charge in [-0.1, -0.05) is 0 Å². The lowest BCUT2D eigenvalue weighted by molar-refractivity contribution is -0.140. The van der Waals surface area contributed by atoms with E-state index in [2.05, 4.69) is 10.6 Å². The van der Waals surface area contributed by atoms with Crippen LogP contribution in [-0.2, 0) is 16.0 Å². The van der Waals surface area contributed by atoms with Crippen LogP contribution in [-0.4, -0.2) is 52.1 Å². The molecular weight excluding hydrogens is 320 g/mol. The number of nitrogens with one attached hydrogen (secondary N) is 2. The van der Waals surface area contributed by atoms with Crippen molar-refractivity contribution in [3.8, 4) is 11.5 Å². The molecule has 1 aromatic rings. The minimum Gasteiger partial charge on any atom is -0.504 e. The lowest BCUT2D eigenvalue weighted by atomic mass is 10.1. The number of aliphatic carboxylic acids is 1. The van der Waals surface area contributed by atoms with Crippen LogP contribution < -0.4 is 10.6 Å². The fraction of sp³-hybridized carbons (Fsp3) is 0.467. The van der Waals surface area contributed by atoms with Crippen molar-refractivity contribution in [2.24, 2.45) is 0 Å². The Kier molecular flexibility index (Phi) is 7.18. The largest absolute Gasteiger partial charge is 0.504 e. The molecule has 0 aliphatic carbocycles. The second kappa shape index (κ2) is 8.64. The van der Waals surface area contributed by atoms with Crippen LogP contribution in [0.2, 0.25) is 0 Å². The highest BCUT2D eigenvalue weighted by Gasteiger charge is 2.20. The smallest absolute Gasteiger partial charge is 0.327 e. The number of phenols is 2. The van der Waals surface area contributed by atoms with Crippen LogP contribution in [0.1, 0.15) is 19.4 Å². The Labute approximate surface area is 139 Å². The van der Waals surface area contributed by atoms with E-state index in [0.717, 1.165) is 17.3 Å². The first kappa shape index (κ1) is 19.1. The van der Waals surface area contributed by atoms with Crippen LogP contribution in [0.25, 0.3) is 0 Å². The van der Waals surface area contributed by atoms with Gasteiger partial charge in [-0.25, -0.2) is 4.79 Å². The quantitative estimate of drug-likeness (QED) is 0.352. The summed E-state index contributed by atoms with van der Waals surface area (Å²) in [5.74, 6) is -2.10. The third-order valence-electron chi connectivity index (χ3n) is 3.23. The van der Waals surface area contributed by atoms with Crippen molar-refractivity contribution in [3.05, 3.63) is 17.7 Å². The lowest BCUT2D eigenvalue weighted by Gasteiger charge is -2.15. The molecule has 0 bridgehead atoms. The Morgan fingerprint density at radius 2 is 1.96 bits per heavy atom. The van der Waals surface area contributed by atoms with Gasteiger partial charge < -0.3 is 26.0 Å². The molecule has 7 nitrogen and oxygen atoms in total. The summed E-state index contributed by atoms with van der Waals surface area (Å²) in [6.45, 7) is 3.22. The van der Waals surface area contributed by atoms with Crippen LogP contribution in [0.5, 0.6) is 11.5 Å². The molecule has 0 saturated heterocycles. The number of carboxylic acid groups (broad SMARTS) is 1. The summed E-state index contributed by atoms with van der Waals surface area (Å²) < 4.78 is 0. The van der Waals surface area contributed by atoms with Crippen molar-refractivity contribution in [2.45, 2.75) is 37.2 Å². The van der Waals surface area contributed by atoms with Crippen LogP contribution in [0.3, 0.4) is 0 Å². The van der Waals surface area contributed by atoms with Gasteiger partial charge in [0.2, 0.25) is 5.91 Å². The zero-order valence-electron chi connectivity index (χ0n) is 13.3. The van der Waals surface area contributed by atoms with Gasteiger partial charge in [-0.2, -0.15) is 0 Å². The van der Waals surface area contributed by atoms with Gasteiger partial charge in [-0.05, 0) is 38.1 Å². The topological polar surface area (TPSA) is 119 Å². The molecule has 1 aromatic carbocycles.